The third kappa shape index (κ3) is 3.79. The zero-order chi connectivity index (χ0) is 16.4. The van der Waals surface area contributed by atoms with Crippen LogP contribution in [0, 0.1) is 0 Å². The predicted octanol–water partition coefficient (Wildman–Crippen LogP) is 2.90. The molecule has 2 N–H and O–H groups in total. The summed E-state index contributed by atoms with van der Waals surface area (Å²) in [6.07, 6.45) is -3.05. The van der Waals surface area contributed by atoms with Crippen molar-refractivity contribution in [2.24, 2.45) is 5.73 Å². The molecule has 0 aliphatic carbocycles. The molecule has 0 saturated heterocycles. The van der Waals surface area contributed by atoms with Crippen molar-refractivity contribution in [3.8, 4) is 17.1 Å². The topological polar surface area (TPSA) is 61.0 Å². The van der Waals surface area contributed by atoms with E-state index in [1.165, 1.54) is 12.3 Å². The van der Waals surface area contributed by atoms with Gasteiger partial charge in [0.25, 0.3) is 0 Å². The number of aromatic nitrogens is 2. The van der Waals surface area contributed by atoms with Crippen LogP contribution in [0.25, 0.3) is 11.4 Å². The molecule has 1 aliphatic heterocycles. The standard InChI is InChI=1S/C16H16F3N3O/c17-16(18,19)5-3-12-4-6-21-15(22-12)10-1-2-14-11(7-10)8-13(9-20)23-14/h1-2,4,6-7,13H,3,5,8-9,20H2. The number of hydrogen-bond acceptors (Lipinski definition) is 4. The summed E-state index contributed by atoms with van der Waals surface area (Å²) in [6.45, 7) is 0.438. The van der Waals surface area contributed by atoms with Crippen LogP contribution >= 0.6 is 0 Å². The monoisotopic (exact) mass is 323 g/mol. The molecule has 0 saturated carbocycles. The molecular weight excluding hydrogens is 307 g/mol. The summed E-state index contributed by atoms with van der Waals surface area (Å²) in [6, 6.07) is 7.05. The molecule has 0 bridgehead atoms. The minimum absolute atomic E-state index is 0.0284. The van der Waals surface area contributed by atoms with Crippen molar-refractivity contribution in [2.75, 3.05) is 6.54 Å². The van der Waals surface area contributed by atoms with Crippen LogP contribution in [0.2, 0.25) is 0 Å². The summed E-state index contributed by atoms with van der Waals surface area (Å²) in [4.78, 5) is 8.39. The lowest BCUT2D eigenvalue weighted by atomic mass is 10.1. The van der Waals surface area contributed by atoms with Crippen LogP contribution < -0.4 is 10.5 Å². The second kappa shape index (κ2) is 6.16. The van der Waals surface area contributed by atoms with Crippen LogP contribution in [0.4, 0.5) is 13.2 Å². The van der Waals surface area contributed by atoms with E-state index in [0.29, 0.717) is 24.5 Å². The number of ether oxygens (including phenoxy) is 1. The van der Waals surface area contributed by atoms with E-state index >= 15 is 0 Å². The fourth-order valence-corrected chi connectivity index (χ4v) is 2.54. The van der Waals surface area contributed by atoms with Gasteiger partial charge in [0.05, 0.1) is 0 Å². The summed E-state index contributed by atoms with van der Waals surface area (Å²) in [5, 5.41) is 0. The number of halogens is 3. The molecule has 1 unspecified atom stereocenters. The minimum atomic E-state index is -4.19. The molecule has 1 atom stereocenters. The lowest BCUT2D eigenvalue weighted by molar-refractivity contribution is -0.134. The molecule has 0 radical (unpaired) electrons. The van der Waals surface area contributed by atoms with Crippen LogP contribution in [0.5, 0.6) is 5.75 Å². The van der Waals surface area contributed by atoms with E-state index in [1.807, 2.05) is 12.1 Å². The molecule has 122 valence electrons. The van der Waals surface area contributed by atoms with E-state index in [-0.39, 0.29) is 12.5 Å². The van der Waals surface area contributed by atoms with Gasteiger partial charge in [0.15, 0.2) is 5.82 Å². The average molecular weight is 323 g/mol. The molecule has 23 heavy (non-hydrogen) atoms. The largest absolute Gasteiger partial charge is 0.488 e. The Morgan fingerprint density at radius 2 is 2.09 bits per heavy atom. The van der Waals surface area contributed by atoms with Crippen LogP contribution in [-0.4, -0.2) is 28.8 Å². The summed E-state index contributed by atoms with van der Waals surface area (Å²) < 4.78 is 42.6. The van der Waals surface area contributed by atoms with Crippen LogP contribution in [0.1, 0.15) is 17.7 Å². The number of nitrogens with zero attached hydrogens (tertiary/aromatic N) is 2. The van der Waals surface area contributed by atoms with Gasteiger partial charge in [0.2, 0.25) is 0 Å². The summed E-state index contributed by atoms with van der Waals surface area (Å²) in [7, 11) is 0. The number of fused-ring (bicyclic) bond motifs is 1. The molecular formula is C16H16F3N3O. The normalized spacial score (nSPS) is 17.0. The van der Waals surface area contributed by atoms with Crippen molar-refractivity contribution < 1.29 is 17.9 Å². The molecule has 2 aromatic rings. The van der Waals surface area contributed by atoms with Crippen molar-refractivity contribution in [3.05, 3.63) is 41.7 Å². The highest BCUT2D eigenvalue weighted by molar-refractivity contribution is 5.59. The first kappa shape index (κ1) is 15.7. The highest BCUT2D eigenvalue weighted by Crippen LogP contribution is 2.32. The van der Waals surface area contributed by atoms with Crippen molar-refractivity contribution in [1.29, 1.82) is 0 Å². The zero-order valence-corrected chi connectivity index (χ0v) is 12.3. The maximum absolute atomic E-state index is 12.3. The van der Waals surface area contributed by atoms with E-state index in [2.05, 4.69) is 9.97 Å². The Labute approximate surface area is 131 Å². The Hall–Kier alpha value is -2.15. The van der Waals surface area contributed by atoms with Gasteiger partial charge in [0, 0.05) is 36.8 Å². The van der Waals surface area contributed by atoms with Crippen LogP contribution in [0.15, 0.2) is 30.5 Å². The van der Waals surface area contributed by atoms with Gasteiger partial charge < -0.3 is 10.5 Å². The molecule has 1 aromatic carbocycles. The molecule has 0 spiro atoms. The Kier molecular flexibility index (Phi) is 4.21. The molecule has 3 rings (SSSR count). The molecule has 1 aliphatic rings. The maximum Gasteiger partial charge on any atom is 0.389 e. The van der Waals surface area contributed by atoms with Crippen LogP contribution in [-0.2, 0) is 12.8 Å². The van der Waals surface area contributed by atoms with Crippen molar-refractivity contribution >= 4 is 0 Å². The van der Waals surface area contributed by atoms with Gasteiger partial charge in [-0.15, -0.1) is 0 Å². The van der Waals surface area contributed by atoms with Gasteiger partial charge in [-0.2, -0.15) is 13.2 Å². The molecule has 1 aromatic heterocycles. The second-order valence-corrected chi connectivity index (χ2v) is 5.49. The van der Waals surface area contributed by atoms with E-state index in [1.54, 1.807) is 6.07 Å². The molecule has 7 heteroatoms. The maximum atomic E-state index is 12.3. The third-order valence-corrected chi connectivity index (χ3v) is 3.70. The Morgan fingerprint density at radius 3 is 2.83 bits per heavy atom. The fraction of sp³-hybridized carbons (Fsp3) is 0.375. The Balaban J connectivity index is 1.80. The minimum Gasteiger partial charge on any atom is -0.488 e. The van der Waals surface area contributed by atoms with Crippen molar-refractivity contribution in [1.82, 2.24) is 9.97 Å². The van der Waals surface area contributed by atoms with Crippen molar-refractivity contribution in [2.45, 2.75) is 31.5 Å². The SMILES string of the molecule is NCC1Cc2cc(-c3nccc(CCC(F)(F)F)n3)ccc2O1. The smallest absolute Gasteiger partial charge is 0.389 e. The lowest BCUT2D eigenvalue weighted by Gasteiger charge is -2.07. The predicted molar refractivity (Wildman–Crippen MR) is 79.0 cm³/mol. The lowest BCUT2D eigenvalue weighted by Crippen LogP contribution is -2.24. The van der Waals surface area contributed by atoms with Gasteiger partial charge >= 0.3 is 6.18 Å². The van der Waals surface area contributed by atoms with Gasteiger partial charge in [-0.05, 0) is 36.2 Å². The fourth-order valence-electron chi connectivity index (χ4n) is 2.54. The molecule has 4 nitrogen and oxygen atoms in total. The molecule has 0 fully saturated rings. The number of nitrogens with two attached hydrogens (primary N) is 1. The first-order valence-corrected chi connectivity index (χ1v) is 7.33. The summed E-state index contributed by atoms with van der Waals surface area (Å²) >= 11 is 0. The summed E-state index contributed by atoms with van der Waals surface area (Å²) in [5.74, 6) is 1.21. The van der Waals surface area contributed by atoms with Crippen LogP contribution in [0.3, 0.4) is 0 Å². The number of aryl methyl sites for hydroxylation is 1. The molecule has 2 heterocycles. The first-order valence-electron chi connectivity index (χ1n) is 7.33. The van der Waals surface area contributed by atoms with E-state index < -0.39 is 12.6 Å². The van der Waals surface area contributed by atoms with E-state index in [4.69, 9.17) is 10.5 Å². The quantitative estimate of drug-likeness (QED) is 0.940. The summed E-state index contributed by atoms with van der Waals surface area (Å²) in [5.41, 5.74) is 7.77. The van der Waals surface area contributed by atoms with E-state index in [0.717, 1.165) is 16.9 Å². The van der Waals surface area contributed by atoms with Gasteiger partial charge in [-0.3, -0.25) is 0 Å². The van der Waals surface area contributed by atoms with Crippen molar-refractivity contribution in [3.63, 3.8) is 0 Å². The highest BCUT2D eigenvalue weighted by atomic mass is 19.4. The Morgan fingerprint density at radius 1 is 1.26 bits per heavy atom. The zero-order valence-electron chi connectivity index (χ0n) is 12.3. The van der Waals surface area contributed by atoms with Gasteiger partial charge in [-0.25, -0.2) is 9.97 Å². The average Bonchev–Trinajstić information content (AvgIpc) is 2.95. The third-order valence-electron chi connectivity index (χ3n) is 3.70. The number of hydrogen-bond donors (Lipinski definition) is 1. The first-order chi connectivity index (χ1) is 10.9. The number of benzene rings is 1. The second-order valence-electron chi connectivity index (χ2n) is 5.49. The van der Waals surface area contributed by atoms with Gasteiger partial charge in [0.1, 0.15) is 11.9 Å². The van der Waals surface area contributed by atoms with E-state index in [9.17, 15) is 13.2 Å². The number of alkyl halides is 3. The number of rotatable bonds is 4. The molecule has 0 amide bonds. The highest BCUT2D eigenvalue weighted by Gasteiger charge is 2.27. The Bertz CT molecular complexity index is 703. The van der Waals surface area contributed by atoms with Gasteiger partial charge in [-0.1, -0.05) is 0 Å².